The minimum absolute atomic E-state index is 0.542. The molecule has 5 heteroatoms. The maximum atomic E-state index is 6.57. The molecule has 0 N–H and O–H groups in total. The lowest BCUT2D eigenvalue weighted by Crippen LogP contribution is -2.00. The van der Waals surface area contributed by atoms with Crippen LogP contribution in [-0.4, -0.2) is 15.0 Å². The molecule has 0 aliphatic rings. The van der Waals surface area contributed by atoms with Crippen LogP contribution in [0.5, 0.6) is 0 Å². The van der Waals surface area contributed by atoms with Gasteiger partial charge in [-0.3, -0.25) is 0 Å². The van der Waals surface area contributed by atoms with Crippen LogP contribution >= 0.6 is 0 Å². The molecule has 7 aromatic carbocycles. The van der Waals surface area contributed by atoms with Gasteiger partial charge in [-0.15, -0.1) is 0 Å². The first kappa shape index (κ1) is 28.2. The largest absolute Gasteiger partial charge is 0.456 e. The van der Waals surface area contributed by atoms with Crippen molar-refractivity contribution in [1.29, 1.82) is 0 Å². The van der Waals surface area contributed by atoms with Crippen molar-refractivity contribution in [2.75, 3.05) is 0 Å². The van der Waals surface area contributed by atoms with Gasteiger partial charge in [0.2, 0.25) is 0 Å². The van der Waals surface area contributed by atoms with Gasteiger partial charge in [-0.2, -0.15) is 0 Å². The van der Waals surface area contributed by atoms with Crippen LogP contribution in [-0.2, 0) is 0 Å². The molecule has 234 valence electrons. The van der Waals surface area contributed by atoms with Crippen LogP contribution in [0.25, 0.3) is 100 Å². The summed E-state index contributed by atoms with van der Waals surface area (Å²) in [7, 11) is 0. The molecule has 0 saturated carbocycles. The number of benzene rings is 7. The fourth-order valence-corrected chi connectivity index (χ4v) is 6.85. The summed E-state index contributed by atoms with van der Waals surface area (Å²) >= 11 is 0. The van der Waals surface area contributed by atoms with Gasteiger partial charge in [0.25, 0.3) is 0 Å². The van der Waals surface area contributed by atoms with E-state index >= 15 is 0 Å². The minimum Gasteiger partial charge on any atom is -0.456 e. The third-order valence-electron chi connectivity index (χ3n) is 9.37. The molecule has 0 radical (unpaired) electrons. The Hall–Kier alpha value is -6.85. The maximum absolute atomic E-state index is 6.57. The first-order valence-corrected chi connectivity index (χ1v) is 16.6. The standard InChI is InChI=1S/C45H27N3O2/c1-3-10-28(11-4-1)29-18-20-30(21-19-29)32-23-25-40-38(26-32)36-15-9-16-37(42(36)50-40)45-47-43(31-12-5-2-6-13-31)46-44(48-45)33-22-24-35-34-14-7-8-17-39(34)49-41(35)27-33/h1-27H. The fourth-order valence-electron chi connectivity index (χ4n) is 6.85. The summed E-state index contributed by atoms with van der Waals surface area (Å²) in [4.78, 5) is 15.0. The molecule has 0 atom stereocenters. The first-order valence-electron chi connectivity index (χ1n) is 16.6. The van der Waals surface area contributed by atoms with E-state index in [9.17, 15) is 0 Å². The van der Waals surface area contributed by atoms with E-state index in [0.717, 1.165) is 71.7 Å². The molecular weight excluding hydrogens is 615 g/mol. The number of rotatable bonds is 5. The second-order valence-corrected chi connectivity index (χ2v) is 12.4. The number of hydrogen-bond donors (Lipinski definition) is 0. The molecule has 10 rings (SSSR count). The van der Waals surface area contributed by atoms with Crippen molar-refractivity contribution in [3.8, 4) is 56.4 Å². The molecule has 3 heterocycles. The molecule has 0 spiro atoms. The summed E-state index contributed by atoms with van der Waals surface area (Å²) in [5.74, 6) is 1.69. The van der Waals surface area contributed by atoms with Crippen LogP contribution in [0.3, 0.4) is 0 Å². The normalized spacial score (nSPS) is 11.6. The SMILES string of the molecule is c1ccc(-c2ccc(-c3ccc4oc5c(-c6nc(-c7ccccc7)nc(-c7ccc8c(c7)oc7ccccc78)n6)cccc5c4c3)cc2)cc1. The molecule has 0 saturated heterocycles. The molecule has 3 aromatic heterocycles. The Balaban J connectivity index is 1.10. The van der Waals surface area contributed by atoms with Gasteiger partial charge in [-0.1, -0.05) is 127 Å². The van der Waals surface area contributed by atoms with Gasteiger partial charge in [0.05, 0.1) is 5.56 Å². The summed E-state index contributed by atoms with van der Waals surface area (Å²) in [5.41, 5.74) is 10.4. The Morgan fingerprint density at radius 2 is 0.860 bits per heavy atom. The van der Waals surface area contributed by atoms with Crippen LogP contribution < -0.4 is 0 Å². The van der Waals surface area contributed by atoms with Crippen LogP contribution in [0.15, 0.2) is 173 Å². The van der Waals surface area contributed by atoms with E-state index in [-0.39, 0.29) is 0 Å². The number of fused-ring (bicyclic) bond motifs is 6. The number of aromatic nitrogens is 3. The average Bonchev–Trinajstić information content (AvgIpc) is 3.76. The van der Waals surface area contributed by atoms with Crippen molar-refractivity contribution in [1.82, 2.24) is 15.0 Å². The van der Waals surface area contributed by atoms with Crippen LogP contribution in [0.1, 0.15) is 0 Å². The molecule has 0 fully saturated rings. The Kier molecular flexibility index (Phi) is 6.42. The highest BCUT2D eigenvalue weighted by Crippen LogP contribution is 2.38. The molecule has 5 nitrogen and oxygen atoms in total. The zero-order valence-corrected chi connectivity index (χ0v) is 26.7. The van der Waals surface area contributed by atoms with E-state index in [4.69, 9.17) is 23.8 Å². The van der Waals surface area contributed by atoms with Crippen molar-refractivity contribution < 1.29 is 8.83 Å². The molecule has 0 amide bonds. The molecule has 0 unspecified atom stereocenters. The molecule has 0 aliphatic heterocycles. The topological polar surface area (TPSA) is 65.0 Å². The van der Waals surface area contributed by atoms with Crippen molar-refractivity contribution in [3.63, 3.8) is 0 Å². The zero-order chi connectivity index (χ0) is 33.0. The van der Waals surface area contributed by atoms with Crippen LogP contribution in [0.2, 0.25) is 0 Å². The predicted molar refractivity (Wildman–Crippen MR) is 202 cm³/mol. The summed E-state index contributed by atoms with van der Waals surface area (Å²) in [6.45, 7) is 0. The summed E-state index contributed by atoms with van der Waals surface area (Å²) in [6.07, 6.45) is 0. The van der Waals surface area contributed by atoms with Gasteiger partial charge >= 0.3 is 0 Å². The highest BCUT2D eigenvalue weighted by atomic mass is 16.3. The van der Waals surface area contributed by atoms with Gasteiger partial charge < -0.3 is 8.83 Å². The van der Waals surface area contributed by atoms with Crippen molar-refractivity contribution in [3.05, 3.63) is 164 Å². The van der Waals surface area contributed by atoms with Gasteiger partial charge in [0, 0.05) is 32.7 Å². The van der Waals surface area contributed by atoms with E-state index in [2.05, 4.69) is 84.9 Å². The molecule has 10 aromatic rings. The molecule has 0 bridgehead atoms. The van der Waals surface area contributed by atoms with E-state index in [0.29, 0.717) is 17.5 Å². The zero-order valence-electron chi connectivity index (χ0n) is 26.7. The summed E-state index contributed by atoms with van der Waals surface area (Å²) < 4.78 is 12.8. The Bertz CT molecular complexity index is 2850. The number of nitrogens with zero attached hydrogens (tertiary/aromatic N) is 3. The summed E-state index contributed by atoms with van der Waals surface area (Å²) in [6, 6.07) is 55.9. The molecular formula is C45H27N3O2. The number of hydrogen-bond acceptors (Lipinski definition) is 5. The third kappa shape index (κ3) is 4.75. The van der Waals surface area contributed by atoms with Crippen LogP contribution in [0, 0.1) is 0 Å². The lowest BCUT2D eigenvalue weighted by molar-refractivity contribution is 0.668. The van der Waals surface area contributed by atoms with Crippen molar-refractivity contribution in [2.24, 2.45) is 0 Å². The van der Waals surface area contributed by atoms with Gasteiger partial charge in [-0.05, 0) is 58.7 Å². The van der Waals surface area contributed by atoms with E-state index in [1.807, 2.05) is 78.9 Å². The second kappa shape index (κ2) is 11.4. The number of furan rings is 2. The summed E-state index contributed by atoms with van der Waals surface area (Å²) in [5, 5.41) is 4.19. The Labute approximate surface area is 287 Å². The lowest BCUT2D eigenvalue weighted by atomic mass is 9.99. The Morgan fingerprint density at radius 3 is 1.66 bits per heavy atom. The second-order valence-electron chi connectivity index (χ2n) is 12.4. The lowest BCUT2D eigenvalue weighted by Gasteiger charge is -2.09. The van der Waals surface area contributed by atoms with E-state index in [1.165, 1.54) is 11.1 Å². The number of para-hydroxylation sites is 2. The minimum atomic E-state index is 0.542. The maximum Gasteiger partial charge on any atom is 0.167 e. The predicted octanol–water partition coefficient (Wildman–Crippen LogP) is 12.0. The van der Waals surface area contributed by atoms with E-state index in [1.54, 1.807) is 0 Å². The highest BCUT2D eigenvalue weighted by molar-refractivity contribution is 6.10. The first-order chi connectivity index (χ1) is 24.7. The molecule has 0 aliphatic carbocycles. The fraction of sp³-hybridized carbons (Fsp3) is 0. The van der Waals surface area contributed by atoms with Gasteiger partial charge in [0.15, 0.2) is 17.5 Å². The average molecular weight is 642 g/mol. The van der Waals surface area contributed by atoms with E-state index < -0.39 is 0 Å². The monoisotopic (exact) mass is 641 g/mol. The quantitative estimate of drug-likeness (QED) is 0.187. The van der Waals surface area contributed by atoms with Gasteiger partial charge in [-0.25, -0.2) is 15.0 Å². The highest BCUT2D eigenvalue weighted by Gasteiger charge is 2.19. The van der Waals surface area contributed by atoms with Crippen LogP contribution in [0.4, 0.5) is 0 Å². The smallest absolute Gasteiger partial charge is 0.167 e. The Morgan fingerprint density at radius 1 is 0.300 bits per heavy atom. The third-order valence-corrected chi connectivity index (χ3v) is 9.37. The van der Waals surface area contributed by atoms with Gasteiger partial charge in [0.1, 0.15) is 22.3 Å². The van der Waals surface area contributed by atoms with Crippen molar-refractivity contribution >= 4 is 43.9 Å². The molecule has 50 heavy (non-hydrogen) atoms. The van der Waals surface area contributed by atoms with Crippen molar-refractivity contribution in [2.45, 2.75) is 0 Å².